The molecule has 7 nitrogen and oxygen atoms in total. The van der Waals surface area contributed by atoms with Crippen LogP contribution < -0.4 is 10.6 Å². The number of rotatable bonds is 3. The maximum Gasteiger partial charge on any atom is 0.255 e. The van der Waals surface area contributed by atoms with Crippen LogP contribution in [0, 0.1) is 6.92 Å². The predicted octanol–water partition coefficient (Wildman–Crippen LogP) is 4.25. The van der Waals surface area contributed by atoms with Crippen LogP contribution in [0.25, 0.3) is 5.65 Å². The normalized spacial score (nSPS) is 21.5. The van der Waals surface area contributed by atoms with Crippen LogP contribution in [0.2, 0.25) is 10.0 Å². The van der Waals surface area contributed by atoms with Crippen molar-refractivity contribution in [3.8, 4) is 0 Å². The maximum atomic E-state index is 13.4. The molecule has 2 aromatic heterocycles. The number of piperidine rings is 1. The standard InChI is InChI=1S/C23H26Cl2N6O/c1-14-12-31-21(27-22(14)29-9-7-16(26)13-29)11-19(28-31)20-4-2-3-8-30(20)23(32)17-10-15(24)5-6-18(17)25/h5-6,10-12,16,20H,2-4,7-9,13,26H2,1H3/t16-,20-/m0/s1. The number of hydrogen-bond donors (Lipinski definition) is 1. The molecule has 2 aliphatic heterocycles. The molecule has 0 saturated carbocycles. The van der Waals surface area contributed by atoms with Gasteiger partial charge in [0.2, 0.25) is 0 Å². The van der Waals surface area contributed by atoms with Crippen molar-refractivity contribution in [2.24, 2.45) is 5.73 Å². The molecule has 168 valence electrons. The Morgan fingerprint density at radius 3 is 2.78 bits per heavy atom. The van der Waals surface area contributed by atoms with Gasteiger partial charge < -0.3 is 15.5 Å². The summed E-state index contributed by atoms with van der Waals surface area (Å²) in [5.41, 5.74) is 9.21. The summed E-state index contributed by atoms with van der Waals surface area (Å²) in [7, 11) is 0. The minimum atomic E-state index is -0.128. The van der Waals surface area contributed by atoms with Gasteiger partial charge in [-0.1, -0.05) is 23.2 Å². The average Bonchev–Trinajstić information content (AvgIpc) is 3.40. The van der Waals surface area contributed by atoms with Gasteiger partial charge in [-0.15, -0.1) is 0 Å². The van der Waals surface area contributed by atoms with E-state index in [0.717, 1.165) is 61.5 Å². The fourth-order valence-corrected chi connectivity index (χ4v) is 5.15. The van der Waals surface area contributed by atoms with E-state index >= 15 is 0 Å². The van der Waals surface area contributed by atoms with Gasteiger partial charge in [0.15, 0.2) is 5.65 Å². The van der Waals surface area contributed by atoms with Crippen molar-refractivity contribution in [1.82, 2.24) is 19.5 Å². The summed E-state index contributed by atoms with van der Waals surface area (Å²) in [4.78, 5) is 22.4. The fraction of sp³-hybridized carbons (Fsp3) is 0.435. The van der Waals surface area contributed by atoms with Gasteiger partial charge in [-0.2, -0.15) is 5.10 Å². The van der Waals surface area contributed by atoms with E-state index in [-0.39, 0.29) is 18.0 Å². The molecule has 0 unspecified atom stereocenters. The summed E-state index contributed by atoms with van der Waals surface area (Å²) >= 11 is 12.5. The molecule has 2 saturated heterocycles. The van der Waals surface area contributed by atoms with Crippen LogP contribution in [0.15, 0.2) is 30.5 Å². The van der Waals surface area contributed by atoms with Crippen molar-refractivity contribution in [2.45, 2.75) is 44.7 Å². The van der Waals surface area contributed by atoms with E-state index in [0.29, 0.717) is 22.2 Å². The molecule has 4 heterocycles. The fourth-order valence-electron chi connectivity index (χ4n) is 4.78. The molecule has 0 aliphatic carbocycles. The second kappa shape index (κ2) is 8.54. The number of fused-ring (bicyclic) bond motifs is 1. The van der Waals surface area contributed by atoms with E-state index in [2.05, 4.69) is 4.90 Å². The second-order valence-electron chi connectivity index (χ2n) is 8.75. The number of aromatic nitrogens is 3. The van der Waals surface area contributed by atoms with Crippen molar-refractivity contribution in [2.75, 3.05) is 24.5 Å². The summed E-state index contributed by atoms with van der Waals surface area (Å²) in [6, 6.07) is 7.05. The molecule has 1 amide bonds. The minimum absolute atomic E-state index is 0.116. The Morgan fingerprint density at radius 2 is 2.00 bits per heavy atom. The van der Waals surface area contributed by atoms with Crippen molar-refractivity contribution >= 4 is 40.6 Å². The zero-order valence-corrected chi connectivity index (χ0v) is 19.5. The largest absolute Gasteiger partial charge is 0.355 e. The lowest BCUT2D eigenvalue weighted by atomic mass is 9.98. The molecule has 2 fully saturated rings. The molecule has 5 rings (SSSR count). The maximum absolute atomic E-state index is 13.4. The Morgan fingerprint density at radius 1 is 1.16 bits per heavy atom. The van der Waals surface area contributed by atoms with Gasteiger partial charge in [0.1, 0.15) is 5.82 Å². The van der Waals surface area contributed by atoms with Crippen molar-refractivity contribution in [3.63, 3.8) is 0 Å². The highest BCUT2D eigenvalue weighted by Gasteiger charge is 2.32. The van der Waals surface area contributed by atoms with Gasteiger partial charge in [-0.25, -0.2) is 9.50 Å². The zero-order chi connectivity index (χ0) is 22.4. The first-order valence-electron chi connectivity index (χ1n) is 11.0. The highest BCUT2D eigenvalue weighted by atomic mass is 35.5. The van der Waals surface area contributed by atoms with Crippen LogP contribution in [0.4, 0.5) is 5.82 Å². The smallest absolute Gasteiger partial charge is 0.255 e. The number of halogens is 2. The quantitative estimate of drug-likeness (QED) is 0.616. The topological polar surface area (TPSA) is 79.8 Å². The Balaban J connectivity index is 1.48. The minimum Gasteiger partial charge on any atom is -0.355 e. The number of nitrogens with two attached hydrogens (primary N) is 1. The Kier molecular flexibility index (Phi) is 5.73. The summed E-state index contributed by atoms with van der Waals surface area (Å²) in [6.45, 7) is 4.43. The van der Waals surface area contributed by atoms with Gasteiger partial charge in [0.25, 0.3) is 5.91 Å². The highest BCUT2D eigenvalue weighted by Crippen LogP contribution is 2.34. The van der Waals surface area contributed by atoms with E-state index in [1.165, 1.54) is 0 Å². The number of anilines is 1. The molecular weight excluding hydrogens is 447 g/mol. The summed E-state index contributed by atoms with van der Waals surface area (Å²) in [5.74, 6) is 0.842. The van der Waals surface area contributed by atoms with Gasteiger partial charge in [0, 0.05) is 48.5 Å². The first kappa shape index (κ1) is 21.5. The average molecular weight is 473 g/mol. The van der Waals surface area contributed by atoms with Gasteiger partial charge >= 0.3 is 0 Å². The van der Waals surface area contributed by atoms with E-state index in [1.54, 1.807) is 18.2 Å². The third-order valence-electron chi connectivity index (χ3n) is 6.41. The predicted molar refractivity (Wildman–Crippen MR) is 127 cm³/mol. The number of benzene rings is 1. The van der Waals surface area contributed by atoms with E-state index in [9.17, 15) is 4.79 Å². The molecule has 1 aromatic carbocycles. The molecule has 2 atom stereocenters. The van der Waals surface area contributed by atoms with Crippen LogP contribution in [-0.2, 0) is 0 Å². The van der Waals surface area contributed by atoms with Crippen molar-refractivity contribution in [1.29, 1.82) is 0 Å². The number of aryl methyl sites for hydroxylation is 1. The number of nitrogens with zero attached hydrogens (tertiary/aromatic N) is 5. The van der Waals surface area contributed by atoms with Crippen LogP contribution >= 0.6 is 23.2 Å². The van der Waals surface area contributed by atoms with Crippen LogP contribution in [0.3, 0.4) is 0 Å². The lowest BCUT2D eigenvalue weighted by molar-refractivity contribution is 0.0606. The number of carbonyl (C=O) groups is 1. The first-order chi connectivity index (χ1) is 15.4. The summed E-state index contributed by atoms with van der Waals surface area (Å²) < 4.78 is 1.81. The Bertz CT molecular complexity index is 1180. The molecule has 3 aromatic rings. The monoisotopic (exact) mass is 472 g/mol. The van der Waals surface area contributed by atoms with Gasteiger partial charge in [-0.05, 0) is 50.8 Å². The Labute approximate surface area is 197 Å². The molecular formula is C23H26Cl2N6O. The van der Waals surface area contributed by atoms with E-state index in [4.69, 9.17) is 39.0 Å². The summed E-state index contributed by atoms with van der Waals surface area (Å²) in [5, 5.41) is 5.70. The molecule has 0 bridgehead atoms. The van der Waals surface area contributed by atoms with Crippen LogP contribution in [-0.4, -0.2) is 51.1 Å². The molecule has 32 heavy (non-hydrogen) atoms. The molecule has 0 spiro atoms. The van der Waals surface area contributed by atoms with Gasteiger partial charge in [-0.3, -0.25) is 4.79 Å². The molecule has 2 aliphatic rings. The molecule has 2 N–H and O–H groups in total. The molecule has 0 radical (unpaired) electrons. The van der Waals surface area contributed by atoms with E-state index in [1.807, 2.05) is 28.6 Å². The lowest BCUT2D eigenvalue weighted by Gasteiger charge is -2.35. The van der Waals surface area contributed by atoms with Gasteiger partial charge in [0.05, 0.1) is 22.3 Å². The third kappa shape index (κ3) is 3.93. The number of carbonyl (C=O) groups excluding carboxylic acids is 1. The number of hydrogen-bond acceptors (Lipinski definition) is 5. The number of amides is 1. The zero-order valence-electron chi connectivity index (χ0n) is 18.0. The lowest BCUT2D eigenvalue weighted by Crippen LogP contribution is -2.38. The van der Waals surface area contributed by atoms with Crippen LogP contribution in [0.5, 0.6) is 0 Å². The number of likely N-dealkylation sites (tertiary alicyclic amines) is 1. The highest BCUT2D eigenvalue weighted by molar-refractivity contribution is 6.35. The Hall–Kier alpha value is -2.35. The second-order valence-corrected chi connectivity index (χ2v) is 9.59. The molecule has 9 heteroatoms. The van der Waals surface area contributed by atoms with Crippen molar-refractivity contribution < 1.29 is 4.79 Å². The third-order valence-corrected chi connectivity index (χ3v) is 6.98. The SMILES string of the molecule is Cc1cn2nc([C@@H]3CCCCN3C(=O)c3cc(Cl)ccc3Cl)cc2nc1N1CC[C@H](N)C1. The first-order valence-corrected chi connectivity index (χ1v) is 11.8. The van der Waals surface area contributed by atoms with E-state index < -0.39 is 0 Å². The van der Waals surface area contributed by atoms with Crippen LogP contribution in [0.1, 0.15) is 53.3 Å². The van der Waals surface area contributed by atoms with Crippen molar-refractivity contribution in [3.05, 3.63) is 57.3 Å². The summed E-state index contributed by atoms with van der Waals surface area (Å²) in [6.07, 6.45) is 5.82.